The molecule has 2 aliphatic rings. The molecule has 0 amide bonds. The van der Waals surface area contributed by atoms with E-state index in [9.17, 15) is 0 Å². The molecule has 2 fully saturated rings. The van der Waals surface area contributed by atoms with Gasteiger partial charge in [0.2, 0.25) is 0 Å². The summed E-state index contributed by atoms with van der Waals surface area (Å²) in [6.45, 7) is 3.57. The zero-order valence-electron chi connectivity index (χ0n) is 11.7. The first-order valence-electron chi connectivity index (χ1n) is 7.73. The van der Waals surface area contributed by atoms with Crippen LogP contribution in [0.3, 0.4) is 0 Å². The summed E-state index contributed by atoms with van der Waals surface area (Å²) in [7, 11) is 0. The Kier molecular flexibility index (Phi) is 3.36. The van der Waals surface area contributed by atoms with Crippen molar-refractivity contribution in [3.63, 3.8) is 0 Å². The highest BCUT2D eigenvalue weighted by Crippen LogP contribution is 2.33. The Morgan fingerprint density at radius 2 is 1.95 bits per heavy atom. The van der Waals surface area contributed by atoms with E-state index in [1.807, 2.05) is 0 Å². The third kappa shape index (κ3) is 2.54. The monoisotopic (exact) mass is 287 g/mol. The van der Waals surface area contributed by atoms with Gasteiger partial charge in [-0.25, -0.2) is 0 Å². The minimum Gasteiger partial charge on any atom is -0.362 e. The topological polar surface area (TPSA) is 28.2 Å². The van der Waals surface area contributed by atoms with Gasteiger partial charge in [0, 0.05) is 24.5 Å². The zero-order valence-corrected chi connectivity index (χ0v) is 12.5. The number of aromatic nitrogens is 1. The lowest BCUT2D eigenvalue weighted by Gasteiger charge is -2.33. The first-order chi connectivity index (χ1) is 9.90. The number of benzene rings is 1. The van der Waals surface area contributed by atoms with Crippen LogP contribution < -0.4 is 10.2 Å². The molecule has 1 saturated carbocycles. The summed E-state index contributed by atoms with van der Waals surface area (Å²) in [6.07, 6.45) is 5.41. The van der Waals surface area contributed by atoms with Crippen molar-refractivity contribution < 1.29 is 0 Å². The summed E-state index contributed by atoms with van der Waals surface area (Å²) in [4.78, 5) is 2.52. The predicted octanol–water partition coefficient (Wildman–Crippen LogP) is 3.26. The van der Waals surface area contributed by atoms with E-state index in [4.69, 9.17) is 0 Å². The molecule has 1 saturated heterocycles. The van der Waals surface area contributed by atoms with Crippen LogP contribution in [-0.4, -0.2) is 30.0 Å². The van der Waals surface area contributed by atoms with Crippen LogP contribution in [0.5, 0.6) is 0 Å². The molecule has 3 nitrogen and oxygen atoms in total. The first-order valence-corrected chi connectivity index (χ1v) is 8.50. The third-order valence-electron chi connectivity index (χ3n) is 4.54. The van der Waals surface area contributed by atoms with Gasteiger partial charge in [0.15, 0.2) is 0 Å². The lowest BCUT2D eigenvalue weighted by molar-refractivity contribution is 0.410. The average Bonchev–Trinajstić information content (AvgIpc) is 3.23. The van der Waals surface area contributed by atoms with Crippen LogP contribution in [0.2, 0.25) is 0 Å². The van der Waals surface area contributed by atoms with Gasteiger partial charge in [0.05, 0.1) is 5.52 Å². The number of piperidine rings is 1. The van der Waals surface area contributed by atoms with Gasteiger partial charge in [-0.2, -0.15) is 4.37 Å². The maximum Gasteiger partial charge on any atom is 0.119 e. The summed E-state index contributed by atoms with van der Waals surface area (Å²) in [5.74, 6) is 0.985. The van der Waals surface area contributed by atoms with E-state index in [1.54, 1.807) is 11.5 Å². The molecule has 1 aliphatic carbocycles. The van der Waals surface area contributed by atoms with Gasteiger partial charge >= 0.3 is 0 Å². The third-order valence-corrected chi connectivity index (χ3v) is 5.48. The summed E-state index contributed by atoms with van der Waals surface area (Å²) in [6, 6.07) is 9.22. The Bertz CT molecular complexity index is 582. The molecule has 1 aromatic carbocycles. The lowest BCUT2D eigenvalue weighted by Crippen LogP contribution is -2.42. The number of nitrogens with one attached hydrogen (secondary N) is 1. The van der Waals surface area contributed by atoms with Crippen molar-refractivity contribution >= 4 is 27.4 Å². The highest BCUT2D eigenvalue weighted by atomic mass is 32.1. The van der Waals surface area contributed by atoms with Crippen molar-refractivity contribution in [1.82, 2.24) is 9.69 Å². The van der Waals surface area contributed by atoms with Crippen LogP contribution in [0, 0.1) is 5.92 Å². The lowest BCUT2D eigenvalue weighted by atomic mass is 10.0. The maximum atomic E-state index is 4.57. The normalized spacial score (nSPS) is 20.7. The van der Waals surface area contributed by atoms with Crippen molar-refractivity contribution in [3.8, 4) is 0 Å². The smallest absolute Gasteiger partial charge is 0.119 e. The van der Waals surface area contributed by atoms with E-state index in [0.717, 1.165) is 30.6 Å². The summed E-state index contributed by atoms with van der Waals surface area (Å²) < 4.78 is 4.57. The Hall–Kier alpha value is -1.13. The van der Waals surface area contributed by atoms with Gasteiger partial charge in [-0.15, -0.1) is 0 Å². The van der Waals surface area contributed by atoms with Crippen LogP contribution in [0.4, 0.5) is 5.00 Å². The van der Waals surface area contributed by atoms with E-state index >= 15 is 0 Å². The van der Waals surface area contributed by atoms with E-state index in [1.165, 1.54) is 42.6 Å². The molecule has 4 rings (SSSR count). The molecule has 0 unspecified atom stereocenters. The second-order valence-electron chi connectivity index (χ2n) is 6.12. The van der Waals surface area contributed by atoms with Crippen LogP contribution in [0.25, 0.3) is 10.9 Å². The zero-order chi connectivity index (χ0) is 13.4. The fourth-order valence-corrected chi connectivity index (χ4v) is 3.96. The summed E-state index contributed by atoms with van der Waals surface area (Å²) in [5, 5.41) is 6.43. The van der Waals surface area contributed by atoms with Gasteiger partial charge in [-0.1, -0.05) is 12.1 Å². The second-order valence-corrected chi connectivity index (χ2v) is 6.87. The fourth-order valence-electron chi connectivity index (χ4n) is 3.05. The van der Waals surface area contributed by atoms with E-state index in [-0.39, 0.29) is 0 Å². The van der Waals surface area contributed by atoms with E-state index in [2.05, 4.69) is 38.9 Å². The van der Waals surface area contributed by atoms with Crippen LogP contribution in [0.15, 0.2) is 24.3 Å². The van der Waals surface area contributed by atoms with Crippen molar-refractivity contribution in [2.45, 2.75) is 31.7 Å². The SMILES string of the molecule is c1ccc2c(N3CCC(NCC4CC4)CC3)snc2c1. The molecule has 2 heterocycles. The molecule has 0 spiro atoms. The quantitative estimate of drug-likeness (QED) is 0.935. The molecule has 2 aromatic rings. The Morgan fingerprint density at radius 1 is 1.15 bits per heavy atom. The molecule has 1 aliphatic heterocycles. The molecule has 1 N–H and O–H groups in total. The maximum absolute atomic E-state index is 4.57. The number of anilines is 1. The van der Waals surface area contributed by atoms with Crippen molar-refractivity contribution in [2.24, 2.45) is 5.92 Å². The van der Waals surface area contributed by atoms with Gasteiger partial charge in [0.25, 0.3) is 0 Å². The highest BCUT2D eigenvalue weighted by molar-refractivity contribution is 7.11. The molecular weight excluding hydrogens is 266 g/mol. The number of fused-ring (bicyclic) bond motifs is 1. The fraction of sp³-hybridized carbons (Fsp3) is 0.562. The molecule has 1 aromatic heterocycles. The standard InChI is InChI=1S/C16H21N3S/c1-2-4-15-14(3-1)16(20-18-15)19-9-7-13(8-10-19)17-11-12-5-6-12/h1-4,12-13,17H,5-11H2. The second kappa shape index (κ2) is 5.34. The Labute approximate surface area is 124 Å². The molecular formula is C16H21N3S. The van der Waals surface area contributed by atoms with Gasteiger partial charge in [-0.05, 0) is 61.8 Å². The van der Waals surface area contributed by atoms with E-state index in [0.29, 0.717) is 0 Å². The molecule has 106 valence electrons. The number of nitrogens with zero attached hydrogens (tertiary/aromatic N) is 2. The molecule has 0 atom stereocenters. The Balaban J connectivity index is 1.40. The molecule has 20 heavy (non-hydrogen) atoms. The van der Waals surface area contributed by atoms with Gasteiger partial charge < -0.3 is 10.2 Å². The van der Waals surface area contributed by atoms with Gasteiger partial charge in [0.1, 0.15) is 5.00 Å². The molecule has 0 bridgehead atoms. The van der Waals surface area contributed by atoms with Crippen LogP contribution in [0.1, 0.15) is 25.7 Å². The number of hydrogen-bond acceptors (Lipinski definition) is 4. The van der Waals surface area contributed by atoms with Gasteiger partial charge in [-0.3, -0.25) is 0 Å². The van der Waals surface area contributed by atoms with Crippen LogP contribution >= 0.6 is 11.5 Å². The average molecular weight is 287 g/mol. The first kappa shape index (κ1) is 12.6. The van der Waals surface area contributed by atoms with Crippen LogP contribution in [-0.2, 0) is 0 Å². The Morgan fingerprint density at radius 3 is 2.75 bits per heavy atom. The summed E-state index contributed by atoms with van der Waals surface area (Å²) in [5.41, 5.74) is 1.14. The minimum absolute atomic E-state index is 0.728. The molecule has 0 radical (unpaired) electrons. The number of hydrogen-bond donors (Lipinski definition) is 1. The largest absolute Gasteiger partial charge is 0.362 e. The van der Waals surface area contributed by atoms with Crippen molar-refractivity contribution in [1.29, 1.82) is 0 Å². The highest BCUT2D eigenvalue weighted by Gasteiger charge is 2.25. The molecule has 4 heteroatoms. The van der Waals surface area contributed by atoms with E-state index < -0.39 is 0 Å². The number of rotatable bonds is 4. The predicted molar refractivity (Wildman–Crippen MR) is 85.6 cm³/mol. The van der Waals surface area contributed by atoms with Crippen molar-refractivity contribution in [3.05, 3.63) is 24.3 Å². The van der Waals surface area contributed by atoms with Crippen molar-refractivity contribution in [2.75, 3.05) is 24.5 Å². The summed E-state index contributed by atoms with van der Waals surface area (Å²) >= 11 is 1.65. The minimum atomic E-state index is 0.728.